The minimum atomic E-state index is -4.69. The number of ether oxygens (including phenoxy) is 1. The van der Waals surface area contributed by atoms with Crippen LogP contribution in [0.4, 0.5) is 13.2 Å². The summed E-state index contributed by atoms with van der Waals surface area (Å²) in [7, 11) is 0. The Labute approximate surface area is 99.1 Å². The average Bonchev–Trinajstić information content (AvgIpc) is 2.44. The van der Waals surface area contributed by atoms with Crippen molar-refractivity contribution >= 4 is 11.9 Å². The van der Waals surface area contributed by atoms with Crippen LogP contribution in [0.5, 0.6) is 0 Å². The molecule has 0 fully saturated rings. The zero-order valence-corrected chi connectivity index (χ0v) is 10.7. The summed E-state index contributed by atoms with van der Waals surface area (Å²) in [5.74, 6) is -2.29. The summed E-state index contributed by atoms with van der Waals surface area (Å²) in [6.07, 6.45) is -4.45. The number of rotatable bonds is 2. The van der Waals surface area contributed by atoms with Crippen LogP contribution in [0.25, 0.3) is 0 Å². The fourth-order valence-electron chi connectivity index (χ4n) is 1.54. The number of carbonyl (C=O) groups excluding carboxylic acids is 1. The molecular formula is C11H18F3NO2. The van der Waals surface area contributed by atoms with Crippen LogP contribution in [0.1, 0.15) is 41.0 Å². The van der Waals surface area contributed by atoms with Crippen molar-refractivity contribution in [3.05, 3.63) is 0 Å². The molecule has 0 bridgehead atoms. The molecule has 6 heteroatoms. The van der Waals surface area contributed by atoms with Crippen LogP contribution in [0.2, 0.25) is 0 Å². The smallest absolute Gasteiger partial charge is 0.401 e. The van der Waals surface area contributed by atoms with Gasteiger partial charge in [-0.3, -0.25) is 0 Å². The highest BCUT2D eigenvalue weighted by Gasteiger charge is 2.51. The Bertz CT molecular complexity index is 310. The summed E-state index contributed by atoms with van der Waals surface area (Å²) < 4.78 is 40.7. The SMILES string of the molecule is CC.CC(C)C[C@]1(C)N=C(C(F)(F)F)OC1=O. The zero-order valence-electron chi connectivity index (χ0n) is 10.7. The Balaban J connectivity index is 0.00000121. The second-order valence-electron chi connectivity index (χ2n) is 4.18. The third kappa shape index (κ3) is 4.02. The molecule has 1 aliphatic rings. The first kappa shape index (κ1) is 15.9. The molecule has 0 aliphatic carbocycles. The molecule has 0 aromatic rings. The molecule has 17 heavy (non-hydrogen) atoms. The number of alkyl halides is 3. The number of aliphatic imine (C=N–C) groups is 1. The van der Waals surface area contributed by atoms with E-state index in [0.29, 0.717) is 0 Å². The average molecular weight is 253 g/mol. The Morgan fingerprint density at radius 3 is 2.12 bits per heavy atom. The lowest BCUT2D eigenvalue weighted by Crippen LogP contribution is -2.31. The summed E-state index contributed by atoms with van der Waals surface area (Å²) in [5, 5.41) is 0. The van der Waals surface area contributed by atoms with E-state index in [1.165, 1.54) is 6.92 Å². The summed E-state index contributed by atoms with van der Waals surface area (Å²) >= 11 is 0. The van der Waals surface area contributed by atoms with E-state index in [2.05, 4.69) is 9.73 Å². The van der Waals surface area contributed by atoms with Gasteiger partial charge in [-0.25, -0.2) is 9.79 Å². The van der Waals surface area contributed by atoms with Crippen LogP contribution in [0.15, 0.2) is 4.99 Å². The van der Waals surface area contributed by atoms with Crippen LogP contribution in [-0.4, -0.2) is 23.6 Å². The predicted molar refractivity (Wildman–Crippen MR) is 58.8 cm³/mol. The number of esters is 1. The second-order valence-corrected chi connectivity index (χ2v) is 4.18. The van der Waals surface area contributed by atoms with Crippen molar-refractivity contribution in [3.8, 4) is 0 Å². The maximum absolute atomic E-state index is 12.2. The van der Waals surface area contributed by atoms with E-state index >= 15 is 0 Å². The minimum Gasteiger partial charge on any atom is -0.401 e. The van der Waals surface area contributed by atoms with Crippen molar-refractivity contribution in [2.45, 2.75) is 52.8 Å². The van der Waals surface area contributed by atoms with Crippen molar-refractivity contribution in [2.24, 2.45) is 10.9 Å². The fourth-order valence-corrected chi connectivity index (χ4v) is 1.54. The molecule has 0 spiro atoms. The summed E-state index contributed by atoms with van der Waals surface area (Å²) in [6.45, 7) is 8.97. The number of halogens is 3. The highest BCUT2D eigenvalue weighted by Crippen LogP contribution is 2.32. The fraction of sp³-hybridized carbons (Fsp3) is 0.818. The monoisotopic (exact) mass is 253 g/mol. The largest absolute Gasteiger partial charge is 0.468 e. The van der Waals surface area contributed by atoms with Crippen LogP contribution in [-0.2, 0) is 9.53 Å². The van der Waals surface area contributed by atoms with Crippen molar-refractivity contribution < 1.29 is 22.7 Å². The molecule has 1 aliphatic heterocycles. The number of hydrogen-bond donors (Lipinski definition) is 0. The molecule has 0 radical (unpaired) electrons. The topological polar surface area (TPSA) is 38.7 Å². The molecule has 0 aromatic heterocycles. The van der Waals surface area contributed by atoms with Crippen LogP contribution in [0.3, 0.4) is 0 Å². The maximum Gasteiger partial charge on any atom is 0.468 e. The third-order valence-corrected chi connectivity index (χ3v) is 2.03. The molecular weight excluding hydrogens is 235 g/mol. The van der Waals surface area contributed by atoms with Crippen LogP contribution < -0.4 is 0 Å². The number of nitrogens with zero attached hydrogens (tertiary/aromatic N) is 1. The quantitative estimate of drug-likeness (QED) is 0.708. The number of cyclic esters (lactones) is 1. The van der Waals surface area contributed by atoms with Gasteiger partial charge in [0.05, 0.1) is 0 Å². The van der Waals surface area contributed by atoms with E-state index in [1.807, 2.05) is 13.8 Å². The summed E-state index contributed by atoms with van der Waals surface area (Å²) in [5.41, 5.74) is -1.39. The predicted octanol–water partition coefficient (Wildman–Crippen LogP) is 3.34. The van der Waals surface area contributed by atoms with Crippen LogP contribution >= 0.6 is 0 Å². The minimum absolute atomic E-state index is 0.0684. The number of hydrogen-bond acceptors (Lipinski definition) is 3. The summed E-state index contributed by atoms with van der Waals surface area (Å²) in [6, 6.07) is 0. The maximum atomic E-state index is 12.2. The van der Waals surface area contributed by atoms with Gasteiger partial charge in [-0.05, 0) is 19.3 Å². The van der Waals surface area contributed by atoms with Crippen LogP contribution in [0, 0.1) is 5.92 Å². The standard InChI is InChI=1S/C9H12F3NO2.C2H6/c1-5(2)4-8(3)7(14)15-6(13-8)9(10,11)12;1-2/h5H,4H2,1-3H3;1-2H3/t8-;/m0./s1. The van der Waals surface area contributed by atoms with E-state index in [1.54, 1.807) is 13.8 Å². The third-order valence-electron chi connectivity index (χ3n) is 2.03. The van der Waals surface area contributed by atoms with E-state index in [-0.39, 0.29) is 12.3 Å². The van der Waals surface area contributed by atoms with Gasteiger partial charge in [0.1, 0.15) is 0 Å². The Morgan fingerprint density at radius 1 is 1.35 bits per heavy atom. The molecule has 0 saturated carbocycles. The molecule has 1 atom stereocenters. The van der Waals surface area contributed by atoms with Gasteiger partial charge in [0.2, 0.25) is 0 Å². The number of carbonyl (C=O) groups is 1. The zero-order chi connectivity index (χ0) is 13.9. The van der Waals surface area contributed by atoms with Gasteiger partial charge in [-0.1, -0.05) is 27.7 Å². The van der Waals surface area contributed by atoms with Gasteiger partial charge in [0.15, 0.2) is 5.54 Å². The van der Waals surface area contributed by atoms with Gasteiger partial charge in [0.25, 0.3) is 0 Å². The van der Waals surface area contributed by atoms with Crippen molar-refractivity contribution in [1.82, 2.24) is 0 Å². The molecule has 0 amide bonds. The van der Waals surface area contributed by atoms with Gasteiger partial charge in [-0.2, -0.15) is 13.2 Å². The van der Waals surface area contributed by atoms with E-state index in [4.69, 9.17) is 0 Å². The Morgan fingerprint density at radius 2 is 1.82 bits per heavy atom. The van der Waals surface area contributed by atoms with Crippen molar-refractivity contribution in [2.75, 3.05) is 0 Å². The van der Waals surface area contributed by atoms with Gasteiger partial charge >= 0.3 is 18.0 Å². The molecule has 1 heterocycles. The van der Waals surface area contributed by atoms with Gasteiger partial charge in [0, 0.05) is 0 Å². The Kier molecular flexibility index (Phi) is 5.16. The van der Waals surface area contributed by atoms with Crippen molar-refractivity contribution in [1.29, 1.82) is 0 Å². The van der Waals surface area contributed by atoms with E-state index in [9.17, 15) is 18.0 Å². The first-order valence-corrected chi connectivity index (χ1v) is 5.54. The molecule has 100 valence electrons. The highest BCUT2D eigenvalue weighted by molar-refractivity contribution is 6.01. The van der Waals surface area contributed by atoms with Crippen molar-refractivity contribution in [3.63, 3.8) is 0 Å². The highest BCUT2D eigenvalue weighted by atomic mass is 19.4. The van der Waals surface area contributed by atoms with E-state index < -0.39 is 23.6 Å². The molecule has 0 unspecified atom stereocenters. The molecule has 0 saturated heterocycles. The summed E-state index contributed by atoms with van der Waals surface area (Å²) in [4.78, 5) is 14.6. The van der Waals surface area contributed by atoms with E-state index in [0.717, 1.165) is 0 Å². The lowest BCUT2D eigenvalue weighted by Gasteiger charge is -2.17. The first-order chi connectivity index (χ1) is 7.65. The molecule has 0 aromatic carbocycles. The molecule has 1 rings (SSSR count). The lowest BCUT2D eigenvalue weighted by atomic mass is 9.92. The Hall–Kier alpha value is -1.07. The van der Waals surface area contributed by atoms with Gasteiger partial charge in [-0.15, -0.1) is 0 Å². The van der Waals surface area contributed by atoms with Gasteiger partial charge < -0.3 is 4.74 Å². The first-order valence-electron chi connectivity index (χ1n) is 5.54. The second kappa shape index (κ2) is 5.51. The molecule has 0 N–H and O–H groups in total. The molecule has 3 nitrogen and oxygen atoms in total. The normalized spacial score (nSPS) is 24.1. The lowest BCUT2D eigenvalue weighted by molar-refractivity contribution is -0.142.